The Morgan fingerprint density at radius 2 is 2.15 bits per heavy atom. The van der Waals surface area contributed by atoms with Crippen LogP contribution >= 0.6 is 11.3 Å². The van der Waals surface area contributed by atoms with Crippen LogP contribution in [0.2, 0.25) is 0 Å². The van der Waals surface area contributed by atoms with Gasteiger partial charge in [0.15, 0.2) is 16.6 Å². The third kappa shape index (κ3) is 2.85. The average Bonchev–Trinajstić information content (AvgIpc) is 2.93. The minimum atomic E-state index is -0.514. The number of carbonyl (C=O) groups is 2. The Labute approximate surface area is 122 Å². The van der Waals surface area contributed by atoms with Gasteiger partial charge in [-0.1, -0.05) is 18.3 Å². The number of hydrogen-bond donors (Lipinski definition) is 0. The van der Waals surface area contributed by atoms with Crippen LogP contribution in [0.25, 0.3) is 0 Å². The highest BCUT2D eigenvalue weighted by Gasteiger charge is 2.31. The highest BCUT2D eigenvalue weighted by Crippen LogP contribution is 2.34. The van der Waals surface area contributed by atoms with Crippen LogP contribution in [-0.4, -0.2) is 35.9 Å². The topological polar surface area (TPSA) is 59.5 Å². The lowest BCUT2D eigenvalue weighted by Crippen LogP contribution is -2.26. The number of carbonyl (C=O) groups excluding carboxylic acids is 2. The van der Waals surface area contributed by atoms with E-state index in [1.807, 2.05) is 0 Å². The smallest absolute Gasteiger partial charge is 0.358 e. The minimum absolute atomic E-state index is 0.142. The maximum Gasteiger partial charge on any atom is 0.358 e. The second-order valence-corrected chi connectivity index (χ2v) is 6.27. The van der Waals surface area contributed by atoms with E-state index in [-0.39, 0.29) is 18.1 Å². The molecule has 2 atom stereocenters. The summed E-state index contributed by atoms with van der Waals surface area (Å²) < 4.78 is 4.98. The molecule has 0 aliphatic carbocycles. The number of anilines is 1. The summed E-state index contributed by atoms with van der Waals surface area (Å²) in [6, 6.07) is 0.381. The molecule has 0 N–H and O–H groups in total. The molecule has 1 aromatic heterocycles. The van der Waals surface area contributed by atoms with Gasteiger partial charge in [0.05, 0.1) is 6.61 Å². The molecule has 2 rings (SSSR count). The number of ketones is 1. The van der Waals surface area contributed by atoms with E-state index >= 15 is 0 Å². The van der Waals surface area contributed by atoms with E-state index in [0.29, 0.717) is 16.8 Å². The summed E-state index contributed by atoms with van der Waals surface area (Å²) in [5.41, 5.74) is 0.158. The molecule has 1 aromatic rings. The number of aromatic nitrogens is 1. The molecule has 0 saturated carbocycles. The van der Waals surface area contributed by atoms with Crippen LogP contribution in [0.4, 0.5) is 5.13 Å². The van der Waals surface area contributed by atoms with Crippen LogP contribution in [0, 0.1) is 5.92 Å². The van der Waals surface area contributed by atoms with Crippen LogP contribution < -0.4 is 4.90 Å². The molecular weight excluding hydrogens is 276 g/mol. The predicted octanol–water partition coefficient (Wildman–Crippen LogP) is 2.76. The zero-order valence-electron chi connectivity index (χ0n) is 12.3. The van der Waals surface area contributed by atoms with E-state index in [1.54, 1.807) is 6.92 Å². The van der Waals surface area contributed by atoms with Gasteiger partial charge in [0, 0.05) is 19.5 Å². The zero-order valence-corrected chi connectivity index (χ0v) is 13.1. The van der Waals surface area contributed by atoms with Gasteiger partial charge >= 0.3 is 5.97 Å². The molecule has 2 heterocycles. The van der Waals surface area contributed by atoms with Crippen molar-refractivity contribution in [2.75, 3.05) is 18.1 Å². The maximum absolute atomic E-state index is 11.9. The average molecular weight is 296 g/mol. The third-order valence-electron chi connectivity index (χ3n) is 3.43. The summed E-state index contributed by atoms with van der Waals surface area (Å²) in [5, 5.41) is 0.745. The Morgan fingerprint density at radius 1 is 1.45 bits per heavy atom. The lowest BCUT2D eigenvalue weighted by atomic mass is 10.1. The van der Waals surface area contributed by atoms with Crippen LogP contribution in [0.1, 0.15) is 54.3 Å². The van der Waals surface area contributed by atoms with E-state index in [0.717, 1.165) is 18.1 Å². The highest BCUT2D eigenvalue weighted by molar-refractivity contribution is 7.17. The van der Waals surface area contributed by atoms with Crippen LogP contribution in [0.5, 0.6) is 0 Å². The van der Waals surface area contributed by atoms with E-state index in [4.69, 9.17) is 4.74 Å². The molecule has 1 fully saturated rings. The molecule has 0 amide bonds. The Morgan fingerprint density at radius 3 is 2.65 bits per heavy atom. The largest absolute Gasteiger partial charge is 0.461 e. The molecule has 5 nitrogen and oxygen atoms in total. The molecule has 6 heteroatoms. The fourth-order valence-electron chi connectivity index (χ4n) is 2.57. The number of esters is 1. The second-order valence-electron chi connectivity index (χ2n) is 5.29. The van der Waals surface area contributed by atoms with E-state index in [9.17, 15) is 9.59 Å². The summed E-state index contributed by atoms with van der Waals surface area (Å²) >= 11 is 1.29. The Hall–Kier alpha value is -1.43. The van der Waals surface area contributed by atoms with Crippen molar-refractivity contribution in [3.8, 4) is 0 Å². The molecule has 1 aliphatic heterocycles. The van der Waals surface area contributed by atoms with Gasteiger partial charge in [-0.3, -0.25) is 4.79 Å². The number of Topliss-reactive ketones (excluding diaryl/α,β-unsaturated/α-hetero) is 1. The lowest BCUT2D eigenvalue weighted by Gasteiger charge is -2.19. The minimum Gasteiger partial charge on any atom is -0.461 e. The number of hydrogen-bond acceptors (Lipinski definition) is 6. The van der Waals surface area contributed by atoms with Crippen molar-refractivity contribution >= 4 is 28.2 Å². The van der Waals surface area contributed by atoms with Gasteiger partial charge in [0.2, 0.25) is 0 Å². The summed E-state index contributed by atoms with van der Waals surface area (Å²) in [6.45, 7) is 8.72. The number of nitrogens with zero attached hydrogens (tertiary/aromatic N) is 2. The van der Waals surface area contributed by atoms with Crippen LogP contribution in [0.15, 0.2) is 0 Å². The first-order valence-electron chi connectivity index (χ1n) is 6.89. The fourth-order valence-corrected chi connectivity index (χ4v) is 3.64. The van der Waals surface area contributed by atoms with Gasteiger partial charge in [-0.15, -0.1) is 0 Å². The molecule has 0 aromatic carbocycles. The molecule has 0 bridgehead atoms. The summed E-state index contributed by atoms with van der Waals surface area (Å²) in [6.07, 6.45) is 1.10. The van der Waals surface area contributed by atoms with E-state index < -0.39 is 5.97 Å². The third-order valence-corrected chi connectivity index (χ3v) is 4.63. The second kappa shape index (κ2) is 5.91. The van der Waals surface area contributed by atoms with Gasteiger partial charge in [-0.2, -0.15) is 0 Å². The van der Waals surface area contributed by atoms with Crippen LogP contribution in [0.3, 0.4) is 0 Å². The number of thiazole rings is 1. The highest BCUT2D eigenvalue weighted by atomic mass is 32.1. The molecule has 1 saturated heterocycles. The van der Waals surface area contributed by atoms with Gasteiger partial charge in [-0.25, -0.2) is 9.78 Å². The Kier molecular flexibility index (Phi) is 4.42. The Bertz CT molecular complexity index is 526. The maximum atomic E-state index is 11.9. The molecule has 0 spiro atoms. The van der Waals surface area contributed by atoms with Crippen molar-refractivity contribution in [3.63, 3.8) is 0 Å². The van der Waals surface area contributed by atoms with Crippen molar-refractivity contribution < 1.29 is 14.3 Å². The number of ether oxygens (including phenoxy) is 1. The predicted molar refractivity (Wildman–Crippen MR) is 78.7 cm³/mol. The molecule has 1 aliphatic rings. The molecule has 2 unspecified atom stereocenters. The summed E-state index contributed by atoms with van der Waals surface area (Å²) in [5.74, 6) is -0.0579. The van der Waals surface area contributed by atoms with E-state index in [1.165, 1.54) is 18.3 Å². The monoisotopic (exact) mass is 296 g/mol. The fraction of sp³-hybridized carbons (Fsp3) is 0.643. The van der Waals surface area contributed by atoms with Gasteiger partial charge in [0.25, 0.3) is 0 Å². The zero-order chi connectivity index (χ0) is 14.9. The summed E-state index contributed by atoms with van der Waals surface area (Å²) in [4.78, 5) is 30.5. The van der Waals surface area contributed by atoms with Crippen LogP contribution in [-0.2, 0) is 4.74 Å². The van der Waals surface area contributed by atoms with Crippen molar-refractivity contribution in [2.24, 2.45) is 5.92 Å². The van der Waals surface area contributed by atoms with Gasteiger partial charge in [0.1, 0.15) is 4.88 Å². The SMILES string of the molecule is CCOC(=O)c1nc(N2CC(C)CC2C)sc1C(C)=O. The van der Waals surface area contributed by atoms with Crippen molar-refractivity contribution in [3.05, 3.63) is 10.6 Å². The Balaban J connectivity index is 2.34. The quantitative estimate of drug-likeness (QED) is 0.631. The van der Waals surface area contributed by atoms with E-state index in [2.05, 4.69) is 23.7 Å². The number of rotatable bonds is 4. The van der Waals surface area contributed by atoms with Crippen molar-refractivity contribution in [2.45, 2.75) is 40.2 Å². The lowest BCUT2D eigenvalue weighted by molar-refractivity contribution is 0.0517. The van der Waals surface area contributed by atoms with Gasteiger partial charge in [-0.05, 0) is 26.2 Å². The molecular formula is C14H20N2O3S. The molecule has 110 valence electrons. The molecule has 20 heavy (non-hydrogen) atoms. The normalized spacial score (nSPS) is 22.1. The first-order chi connectivity index (χ1) is 9.43. The summed E-state index contributed by atoms with van der Waals surface area (Å²) in [7, 11) is 0. The van der Waals surface area contributed by atoms with Crippen molar-refractivity contribution in [1.82, 2.24) is 4.98 Å². The molecule has 0 radical (unpaired) electrons. The van der Waals surface area contributed by atoms with Crippen molar-refractivity contribution in [1.29, 1.82) is 0 Å². The van der Waals surface area contributed by atoms with Gasteiger partial charge < -0.3 is 9.64 Å². The first-order valence-corrected chi connectivity index (χ1v) is 7.71. The standard InChI is InChI=1S/C14H20N2O3S/c1-5-19-13(18)11-12(10(4)17)20-14(15-11)16-7-8(2)6-9(16)3/h8-9H,5-7H2,1-4H3. The first kappa shape index (κ1) is 15.0.